The van der Waals surface area contributed by atoms with E-state index in [-0.39, 0.29) is 0 Å². The van der Waals surface area contributed by atoms with Crippen LogP contribution in [-0.4, -0.2) is 20.4 Å². The van der Waals surface area contributed by atoms with Crippen molar-refractivity contribution in [1.29, 1.82) is 0 Å². The third-order valence-electron chi connectivity index (χ3n) is 8.94. The van der Waals surface area contributed by atoms with Crippen LogP contribution in [0.2, 0.25) is 0 Å². The van der Waals surface area contributed by atoms with Crippen LogP contribution in [0.15, 0.2) is 109 Å². The van der Waals surface area contributed by atoms with Crippen LogP contribution in [0, 0.1) is 0 Å². The second kappa shape index (κ2) is 24.7. The van der Waals surface area contributed by atoms with Crippen LogP contribution in [0.3, 0.4) is 0 Å². The molecule has 0 aliphatic rings. The molecule has 1 radical (unpaired) electrons. The summed E-state index contributed by atoms with van der Waals surface area (Å²) in [5.41, 5.74) is 11.4. The van der Waals surface area contributed by atoms with Gasteiger partial charge in [-0.25, -0.2) is 0 Å². The van der Waals surface area contributed by atoms with Gasteiger partial charge in [-0.15, -0.1) is 69.1 Å². The number of halogens is 2. The van der Waals surface area contributed by atoms with Gasteiger partial charge in [0, 0.05) is 0 Å². The Bertz CT molecular complexity index is 1800. The topological polar surface area (TPSA) is 58.2 Å². The summed E-state index contributed by atoms with van der Waals surface area (Å²) in [6, 6.07) is 40.5. The van der Waals surface area contributed by atoms with E-state index in [0.29, 0.717) is 12.8 Å². The summed E-state index contributed by atoms with van der Waals surface area (Å²) in [5.74, 6) is 0. The zero-order valence-corrected chi connectivity index (χ0v) is 34.8. The number of carbonyl (C=O) groups excluding carboxylic acids is 2. The van der Waals surface area contributed by atoms with Crippen LogP contribution in [0.5, 0.6) is 0 Å². The first kappa shape index (κ1) is 43.0. The number of hydrogen-bond donors (Lipinski definition) is 2. The summed E-state index contributed by atoms with van der Waals surface area (Å²) in [6.45, 7) is 8.98. The van der Waals surface area contributed by atoms with Gasteiger partial charge in [-0.1, -0.05) is 125 Å². The van der Waals surface area contributed by atoms with Gasteiger partial charge in [0.1, 0.15) is 0 Å². The van der Waals surface area contributed by atoms with Gasteiger partial charge in [0.25, 0.3) is 0 Å². The quantitative estimate of drug-likeness (QED) is 0.0498. The van der Waals surface area contributed by atoms with Crippen molar-refractivity contribution in [1.82, 2.24) is 10.5 Å². The summed E-state index contributed by atoms with van der Waals surface area (Å²) in [6.07, 6.45) is 10.5. The van der Waals surface area contributed by atoms with Crippen LogP contribution in [0.4, 0.5) is 0 Å². The van der Waals surface area contributed by atoms with Gasteiger partial charge in [-0.2, -0.15) is 12.1 Å². The Labute approximate surface area is 330 Å². The normalized spacial score (nSPS) is 10.0. The van der Waals surface area contributed by atoms with E-state index >= 15 is 0 Å². The molecule has 0 aliphatic carbocycles. The summed E-state index contributed by atoms with van der Waals surface area (Å²) in [5, 5.41) is 9.77. The van der Waals surface area contributed by atoms with Gasteiger partial charge in [0.05, 0.1) is 0 Å². The molecule has 2 amide bonds. The molecule has 0 spiro atoms. The zero-order chi connectivity index (χ0) is 37.6. The Morgan fingerprint density at radius 1 is 0.596 bits per heavy atom. The number of nitrogens with one attached hydrogen (secondary N) is 2. The molecule has 8 heteroatoms. The molecule has 2 N–H and O–H groups in total. The molecule has 0 aromatic heterocycles. The molecule has 6 rings (SSSR count). The van der Waals surface area contributed by atoms with Gasteiger partial charge in [-0.05, 0) is 47.9 Å². The van der Waals surface area contributed by atoms with E-state index in [0.717, 1.165) is 20.4 Å². The average Bonchev–Trinajstić information content (AvgIpc) is 3.81. The Kier molecular flexibility index (Phi) is 20.4. The fourth-order valence-electron chi connectivity index (χ4n) is 6.41. The van der Waals surface area contributed by atoms with E-state index in [1.807, 2.05) is 0 Å². The fraction of sp³-hybridized carbons (Fsp3) is 0.273. The third-order valence-corrected chi connectivity index (χ3v) is 8.94. The molecule has 269 valence electrons. The summed E-state index contributed by atoms with van der Waals surface area (Å²) in [4.78, 5) is 18.8. The summed E-state index contributed by atoms with van der Waals surface area (Å²) in [7, 11) is 11.0. The van der Waals surface area contributed by atoms with Crippen LogP contribution >= 0.6 is 17.0 Å². The predicted octanol–water partition coefficient (Wildman–Crippen LogP) is 11.7. The van der Waals surface area contributed by atoms with E-state index in [2.05, 4.69) is 147 Å². The Morgan fingerprint density at radius 3 is 1.35 bits per heavy atom. The SMILES string of the molecule is CCCCc1cc2c(-c3ccccc3CC)cccc2[cH-]1.CCCCc1cc2c(-c3ccccc3CC)cccc2[cH-]1.O=CN[B]NC=O.[Cl][Zr+2][Cl]. The van der Waals surface area contributed by atoms with Crippen molar-refractivity contribution < 1.29 is 30.4 Å². The number of fused-ring (bicyclic) bond motifs is 2. The third kappa shape index (κ3) is 12.9. The number of rotatable bonds is 14. The molecular weight excluding hydrogens is 761 g/mol. The Morgan fingerprint density at radius 2 is 0.981 bits per heavy atom. The molecule has 0 saturated heterocycles. The Hall–Kier alpha value is -3.43. The van der Waals surface area contributed by atoms with Crippen LogP contribution in [0.1, 0.15) is 75.6 Å². The maximum absolute atomic E-state index is 9.38. The van der Waals surface area contributed by atoms with Crippen LogP contribution in [-0.2, 0) is 56.1 Å². The number of carbonyl (C=O) groups is 2. The van der Waals surface area contributed by atoms with Gasteiger partial charge in [0.15, 0.2) is 12.8 Å². The molecule has 0 saturated carbocycles. The Balaban J connectivity index is 0.000000224. The molecule has 0 unspecified atom stereocenters. The van der Waals surface area contributed by atoms with Gasteiger partial charge < -0.3 is 10.5 Å². The second-order valence-electron chi connectivity index (χ2n) is 12.4. The van der Waals surface area contributed by atoms with Crippen molar-refractivity contribution in [3.05, 3.63) is 131 Å². The number of unbranched alkanes of at least 4 members (excludes halogenated alkanes) is 2. The van der Waals surface area contributed by atoms with Gasteiger partial charge in [-0.3, -0.25) is 9.59 Å². The van der Waals surface area contributed by atoms with E-state index in [9.17, 15) is 9.59 Å². The van der Waals surface area contributed by atoms with Crippen molar-refractivity contribution in [3.63, 3.8) is 0 Å². The minimum atomic E-state index is -0.826. The number of benzene rings is 4. The van der Waals surface area contributed by atoms with Crippen LogP contribution in [0.25, 0.3) is 43.8 Å². The van der Waals surface area contributed by atoms with Crippen molar-refractivity contribution in [3.8, 4) is 22.3 Å². The molecule has 4 nitrogen and oxygen atoms in total. The van der Waals surface area contributed by atoms with E-state index < -0.39 is 20.8 Å². The predicted molar refractivity (Wildman–Crippen MR) is 222 cm³/mol. The molecule has 6 aromatic carbocycles. The number of hydrogen-bond acceptors (Lipinski definition) is 2. The van der Waals surface area contributed by atoms with Crippen molar-refractivity contribution >= 4 is 58.9 Å². The van der Waals surface area contributed by atoms with Gasteiger partial charge >= 0.3 is 45.4 Å². The average molecular weight is 812 g/mol. The molecule has 0 atom stereocenters. The maximum atomic E-state index is 9.38. The molecular formula is C44H50BCl2N2O2Zr. The van der Waals surface area contributed by atoms with E-state index in [4.69, 9.17) is 17.0 Å². The first-order chi connectivity index (χ1) is 25.5. The first-order valence-corrected chi connectivity index (χ1v) is 24.5. The van der Waals surface area contributed by atoms with Crippen molar-refractivity contribution in [2.24, 2.45) is 0 Å². The molecule has 0 aliphatic heterocycles. The van der Waals surface area contributed by atoms with Crippen molar-refractivity contribution in [2.45, 2.75) is 79.1 Å². The fourth-order valence-corrected chi connectivity index (χ4v) is 6.41. The van der Waals surface area contributed by atoms with Crippen molar-refractivity contribution in [2.75, 3.05) is 0 Å². The molecule has 52 heavy (non-hydrogen) atoms. The standard InChI is InChI=1S/2C21H23.C2H4BN2O2.2ClH.Zr/c2*1-3-5-9-16-14-18-11-8-13-20(21(18)15-16)19-12-7-6-10-17(19)4-2;6-1-4-3-5-2-7;;;/h2*6-8,10-15H,3-5,9H2,1-2H3;1-2H,(H,4,6)(H,5,7);2*1H;/q2*-1;;;;+4/p-2. The zero-order valence-electron chi connectivity index (χ0n) is 30.9. The second-order valence-corrected chi connectivity index (χ2v) is 16.1. The first-order valence-electron chi connectivity index (χ1n) is 18.2. The number of amides is 2. The van der Waals surface area contributed by atoms with Crippen LogP contribution < -0.4 is 10.5 Å². The molecule has 0 bridgehead atoms. The van der Waals surface area contributed by atoms with E-state index in [1.165, 1.54) is 105 Å². The molecule has 0 heterocycles. The monoisotopic (exact) mass is 809 g/mol. The molecule has 0 fully saturated rings. The summed E-state index contributed by atoms with van der Waals surface area (Å²) < 4.78 is 0. The number of aryl methyl sites for hydroxylation is 4. The van der Waals surface area contributed by atoms with E-state index in [1.54, 1.807) is 0 Å². The summed E-state index contributed by atoms with van der Waals surface area (Å²) >= 11 is -0.826. The molecule has 6 aromatic rings. The minimum absolute atomic E-state index is 0.455. The van der Waals surface area contributed by atoms with Gasteiger partial charge in [0.2, 0.25) is 0 Å².